The van der Waals surface area contributed by atoms with Crippen molar-refractivity contribution in [1.29, 1.82) is 5.26 Å². The standard InChI is InChI=1S/C18H18FNO/c1-2-14-5-3-8-18(11-14)21-10-9-16(13-20)15-6-4-7-17(19)12-15/h3-8,11-12,16H,2,9-10H2,1H3. The molecule has 0 aliphatic rings. The highest BCUT2D eigenvalue weighted by molar-refractivity contribution is 5.29. The van der Waals surface area contributed by atoms with E-state index in [4.69, 9.17) is 4.74 Å². The van der Waals surface area contributed by atoms with E-state index in [0.29, 0.717) is 18.6 Å². The van der Waals surface area contributed by atoms with Crippen LogP contribution >= 0.6 is 0 Å². The average Bonchev–Trinajstić information content (AvgIpc) is 2.52. The summed E-state index contributed by atoms with van der Waals surface area (Å²) in [5.74, 6) is 0.143. The second-order valence-corrected chi connectivity index (χ2v) is 4.87. The molecule has 108 valence electrons. The Hall–Kier alpha value is -2.34. The Morgan fingerprint density at radius 1 is 1.19 bits per heavy atom. The van der Waals surface area contributed by atoms with E-state index < -0.39 is 0 Å². The normalized spacial score (nSPS) is 11.7. The van der Waals surface area contributed by atoms with Gasteiger partial charge in [0.15, 0.2) is 0 Å². The first kappa shape index (κ1) is 15.1. The summed E-state index contributed by atoms with van der Waals surface area (Å²) < 4.78 is 18.9. The van der Waals surface area contributed by atoms with Crippen molar-refractivity contribution >= 4 is 0 Å². The number of halogens is 1. The van der Waals surface area contributed by atoms with Crippen molar-refractivity contribution in [2.45, 2.75) is 25.7 Å². The van der Waals surface area contributed by atoms with Crippen molar-refractivity contribution in [1.82, 2.24) is 0 Å². The van der Waals surface area contributed by atoms with Crippen molar-refractivity contribution in [2.75, 3.05) is 6.61 Å². The summed E-state index contributed by atoms with van der Waals surface area (Å²) in [4.78, 5) is 0. The first-order valence-corrected chi connectivity index (χ1v) is 7.09. The highest BCUT2D eigenvalue weighted by Crippen LogP contribution is 2.21. The van der Waals surface area contributed by atoms with E-state index in [2.05, 4.69) is 19.1 Å². The van der Waals surface area contributed by atoms with Crippen molar-refractivity contribution in [3.63, 3.8) is 0 Å². The molecule has 0 amide bonds. The smallest absolute Gasteiger partial charge is 0.123 e. The molecule has 0 spiro atoms. The predicted octanol–water partition coefficient (Wildman–Crippen LogP) is 4.46. The van der Waals surface area contributed by atoms with Crippen LogP contribution in [-0.2, 0) is 6.42 Å². The third-order valence-corrected chi connectivity index (χ3v) is 3.39. The Bertz CT molecular complexity index is 633. The minimum Gasteiger partial charge on any atom is -0.494 e. The maximum Gasteiger partial charge on any atom is 0.123 e. The van der Waals surface area contributed by atoms with Crippen molar-refractivity contribution < 1.29 is 9.13 Å². The lowest BCUT2D eigenvalue weighted by molar-refractivity contribution is 0.305. The van der Waals surface area contributed by atoms with E-state index in [1.54, 1.807) is 12.1 Å². The molecular formula is C18H18FNO. The summed E-state index contributed by atoms with van der Waals surface area (Å²) in [6.07, 6.45) is 1.50. The van der Waals surface area contributed by atoms with Crippen LogP contribution in [0, 0.1) is 17.1 Å². The fourth-order valence-corrected chi connectivity index (χ4v) is 2.18. The number of nitriles is 1. The zero-order valence-electron chi connectivity index (χ0n) is 12.1. The van der Waals surface area contributed by atoms with Gasteiger partial charge < -0.3 is 4.74 Å². The van der Waals surface area contributed by atoms with Crippen LogP contribution in [0.5, 0.6) is 5.75 Å². The molecule has 0 aromatic heterocycles. The number of aryl methyl sites for hydroxylation is 1. The predicted molar refractivity (Wildman–Crippen MR) is 80.7 cm³/mol. The Balaban J connectivity index is 1.93. The molecule has 0 aliphatic heterocycles. The number of ether oxygens (including phenoxy) is 1. The van der Waals surface area contributed by atoms with Gasteiger partial charge in [-0.1, -0.05) is 31.2 Å². The zero-order chi connectivity index (χ0) is 15.1. The summed E-state index contributed by atoms with van der Waals surface area (Å²) >= 11 is 0. The van der Waals surface area contributed by atoms with Gasteiger partial charge in [-0.05, 0) is 41.8 Å². The average molecular weight is 283 g/mol. The van der Waals surface area contributed by atoms with E-state index in [0.717, 1.165) is 12.2 Å². The van der Waals surface area contributed by atoms with Crippen LogP contribution in [-0.4, -0.2) is 6.61 Å². The minimum atomic E-state index is -0.352. The summed E-state index contributed by atoms with van der Waals surface area (Å²) in [5.41, 5.74) is 1.91. The lowest BCUT2D eigenvalue weighted by Gasteiger charge is -2.11. The Morgan fingerprint density at radius 3 is 2.71 bits per heavy atom. The summed E-state index contributed by atoms with van der Waals surface area (Å²) in [6, 6.07) is 16.3. The van der Waals surface area contributed by atoms with Gasteiger partial charge >= 0.3 is 0 Å². The number of benzene rings is 2. The largest absolute Gasteiger partial charge is 0.494 e. The van der Waals surface area contributed by atoms with Crippen LogP contribution in [0.15, 0.2) is 48.5 Å². The van der Waals surface area contributed by atoms with Gasteiger partial charge in [-0.3, -0.25) is 0 Å². The van der Waals surface area contributed by atoms with Gasteiger partial charge in [0, 0.05) is 6.42 Å². The molecule has 21 heavy (non-hydrogen) atoms. The molecule has 0 bridgehead atoms. The molecule has 2 nitrogen and oxygen atoms in total. The first-order chi connectivity index (χ1) is 10.2. The van der Waals surface area contributed by atoms with Crippen LogP contribution < -0.4 is 4.74 Å². The van der Waals surface area contributed by atoms with Crippen LogP contribution in [0.1, 0.15) is 30.4 Å². The van der Waals surface area contributed by atoms with Crippen LogP contribution in [0.3, 0.4) is 0 Å². The second kappa shape index (κ2) is 7.44. The SMILES string of the molecule is CCc1cccc(OCCC(C#N)c2cccc(F)c2)c1. The third-order valence-electron chi connectivity index (χ3n) is 3.39. The minimum absolute atomic E-state index is 0.315. The Labute approximate surface area is 124 Å². The Morgan fingerprint density at radius 2 is 2.00 bits per heavy atom. The fraction of sp³-hybridized carbons (Fsp3) is 0.278. The molecular weight excluding hydrogens is 265 g/mol. The molecule has 1 atom stereocenters. The van der Waals surface area contributed by atoms with E-state index in [9.17, 15) is 9.65 Å². The molecule has 0 heterocycles. The molecule has 2 aromatic rings. The molecule has 0 saturated heterocycles. The third kappa shape index (κ3) is 4.32. The van der Waals surface area contributed by atoms with Crippen LogP contribution in [0.25, 0.3) is 0 Å². The molecule has 2 rings (SSSR count). The maximum atomic E-state index is 13.2. The lowest BCUT2D eigenvalue weighted by atomic mass is 9.98. The summed E-state index contributed by atoms with van der Waals surface area (Å²) in [6.45, 7) is 2.52. The van der Waals surface area contributed by atoms with Gasteiger partial charge in [0.05, 0.1) is 18.6 Å². The van der Waals surface area contributed by atoms with Crippen LogP contribution in [0.2, 0.25) is 0 Å². The molecule has 0 fully saturated rings. The van der Waals surface area contributed by atoms with Crippen LogP contribution in [0.4, 0.5) is 4.39 Å². The van der Waals surface area contributed by atoms with Gasteiger partial charge in [0.2, 0.25) is 0 Å². The molecule has 1 unspecified atom stereocenters. The van der Waals surface area contributed by atoms with E-state index >= 15 is 0 Å². The van der Waals surface area contributed by atoms with Gasteiger partial charge in [-0.15, -0.1) is 0 Å². The number of hydrogen-bond donors (Lipinski definition) is 0. The molecule has 0 aliphatic carbocycles. The van der Waals surface area contributed by atoms with Gasteiger partial charge in [-0.25, -0.2) is 4.39 Å². The molecule has 0 radical (unpaired) electrons. The molecule has 2 aromatic carbocycles. The molecule has 3 heteroatoms. The highest BCUT2D eigenvalue weighted by Gasteiger charge is 2.11. The molecule has 0 saturated carbocycles. The van der Waals surface area contributed by atoms with Gasteiger partial charge in [0.1, 0.15) is 11.6 Å². The Kier molecular flexibility index (Phi) is 5.34. The highest BCUT2D eigenvalue weighted by atomic mass is 19.1. The quantitative estimate of drug-likeness (QED) is 0.784. The van der Waals surface area contributed by atoms with E-state index in [-0.39, 0.29) is 11.7 Å². The van der Waals surface area contributed by atoms with Crippen molar-refractivity contribution in [3.05, 3.63) is 65.5 Å². The zero-order valence-corrected chi connectivity index (χ0v) is 12.1. The number of hydrogen-bond acceptors (Lipinski definition) is 2. The van der Waals surface area contributed by atoms with Crippen molar-refractivity contribution in [3.8, 4) is 11.8 Å². The lowest BCUT2D eigenvalue weighted by Crippen LogP contribution is -2.05. The van der Waals surface area contributed by atoms with Gasteiger partial charge in [-0.2, -0.15) is 5.26 Å². The monoisotopic (exact) mass is 283 g/mol. The molecule has 0 N–H and O–H groups in total. The number of rotatable bonds is 6. The maximum absolute atomic E-state index is 13.2. The second-order valence-electron chi connectivity index (χ2n) is 4.87. The summed E-state index contributed by atoms with van der Waals surface area (Å²) in [7, 11) is 0. The topological polar surface area (TPSA) is 33.0 Å². The summed E-state index contributed by atoms with van der Waals surface area (Å²) in [5, 5.41) is 9.22. The van der Waals surface area contributed by atoms with E-state index in [1.165, 1.54) is 17.7 Å². The fourth-order valence-electron chi connectivity index (χ4n) is 2.18. The van der Waals surface area contributed by atoms with Gasteiger partial charge in [0.25, 0.3) is 0 Å². The van der Waals surface area contributed by atoms with E-state index in [1.807, 2.05) is 18.2 Å². The number of nitrogens with zero attached hydrogens (tertiary/aromatic N) is 1. The first-order valence-electron chi connectivity index (χ1n) is 7.09. The van der Waals surface area contributed by atoms with Crippen molar-refractivity contribution in [2.24, 2.45) is 0 Å².